The minimum Gasteiger partial charge on any atom is -0.494 e. The Balaban J connectivity index is 2.61. The van der Waals surface area contributed by atoms with Crippen LogP contribution in [-0.2, 0) is 11.2 Å². The number of benzene rings is 1. The van der Waals surface area contributed by atoms with Gasteiger partial charge in [0.15, 0.2) is 0 Å². The van der Waals surface area contributed by atoms with Crippen molar-refractivity contribution in [1.82, 2.24) is 0 Å². The maximum atomic E-state index is 11.2. The molecule has 0 saturated heterocycles. The second kappa shape index (κ2) is 11.7. The Morgan fingerprint density at radius 2 is 1.72 bits per heavy atom. The van der Waals surface area contributed by atoms with Crippen LogP contribution in [0.3, 0.4) is 0 Å². The van der Waals surface area contributed by atoms with Crippen LogP contribution < -0.4 is 15.2 Å². The van der Waals surface area contributed by atoms with Crippen molar-refractivity contribution in [3.63, 3.8) is 0 Å². The highest BCUT2D eigenvalue weighted by Gasteiger charge is 2.20. The third kappa shape index (κ3) is 7.78. The molecule has 5 heteroatoms. The molecule has 0 aromatic heterocycles. The quantitative estimate of drug-likeness (QED) is 0.563. The van der Waals surface area contributed by atoms with Crippen LogP contribution in [0.4, 0.5) is 0 Å². The third-order valence-corrected chi connectivity index (χ3v) is 4.47. The molecule has 142 valence electrons. The number of carbonyl (C=O) groups is 1. The van der Waals surface area contributed by atoms with Gasteiger partial charge in [-0.1, -0.05) is 19.8 Å². The first-order valence-electron chi connectivity index (χ1n) is 9.36. The van der Waals surface area contributed by atoms with E-state index in [9.17, 15) is 9.90 Å². The fraction of sp³-hybridized carbons (Fsp3) is 0.650. The molecule has 0 aliphatic rings. The number of carboxylic acids is 1. The van der Waals surface area contributed by atoms with E-state index in [-0.39, 0.29) is 6.54 Å². The van der Waals surface area contributed by atoms with Crippen LogP contribution in [0, 0.1) is 11.8 Å². The molecule has 1 aromatic rings. The highest BCUT2D eigenvalue weighted by Crippen LogP contribution is 2.26. The summed E-state index contributed by atoms with van der Waals surface area (Å²) in [5.41, 5.74) is 6.77. The molecule has 25 heavy (non-hydrogen) atoms. The summed E-state index contributed by atoms with van der Waals surface area (Å²) in [6.07, 6.45) is 4.58. The zero-order valence-corrected chi connectivity index (χ0v) is 15.8. The zero-order valence-electron chi connectivity index (χ0n) is 15.8. The van der Waals surface area contributed by atoms with E-state index in [0.717, 1.165) is 37.2 Å². The number of hydrogen-bond donors (Lipinski definition) is 2. The van der Waals surface area contributed by atoms with Gasteiger partial charge in [0.1, 0.15) is 11.5 Å². The van der Waals surface area contributed by atoms with Crippen molar-refractivity contribution in [1.29, 1.82) is 0 Å². The summed E-state index contributed by atoms with van der Waals surface area (Å²) in [6.45, 7) is 7.51. The SMILES string of the molecule is CCOc1cc(CCCC(CC)CC(CN)C(=O)O)cc(OCC)c1. The first kappa shape index (κ1) is 21.3. The monoisotopic (exact) mass is 351 g/mol. The summed E-state index contributed by atoms with van der Waals surface area (Å²) in [5, 5.41) is 9.18. The molecule has 0 amide bonds. The van der Waals surface area contributed by atoms with Gasteiger partial charge in [-0.3, -0.25) is 4.79 Å². The molecule has 0 aliphatic heterocycles. The van der Waals surface area contributed by atoms with Crippen LogP contribution in [0.1, 0.15) is 52.0 Å². The lowest BCUT2D eigenvalue weighted by Crippen LogP contribution is -2.25. The van der Waals surface area contributed by atoms with Crippen molar-refractivity contribution < 1.29 is 19.4 Å². The van der Waals surface area contributed by atoms with Crippen LogP contribution in [0.5, 0.6) is 11.5 Å². The van der Waals surface area contributed by atoms with E-state index in [4.69, 9.17) is 15.2 Å². The van der Waals surface area contributed by atoms with Gasteiger partial charge in [-0.15, -0.1) is 0 Å². The molecule has 2 unspecified atom stereocenters. The Bertz CT molecular complexity index is 494. The predicted octanol–water partition coefficient (Wildman–Crippen LogP) is 3.88. The Morgan fingerprint density at radius 1 is 1.12 bits per heavy atom. The smallest absolute Gasteiger partial charge is 0.307 e. The molecule has 2 atom stereocenters. The van der Waals surface area contributed by atoms with E-state index in [1.165, 1.54) is 5.56 Å². The molecule has 0 bridgehead atoms. The highest BCUT2D eigenvalue weighted by molar-refractivity contribution is 5.70. The molecule has 0 saturated carbocycles. The van der Waals surface area contributed by atoms with Gasteiger partial charge in [0, 0.05) is 12.6 Å². The maximum Gasteiger partial charge on any atom is 0.307 e. The van der Waals surface area contributed by atoms with E-state index in [1.807, 2.05) is 19.9 Å². The number of carboxylic acid groups (broad SMARTS) is 1. The highest BCUT2D eigenvalue weighted by atomic mass is 16.5. The Morgan fingerprint density at radius 3 is 2.16 bits per heavy atom. The molecule has 0 heterocycles. The van der Waals surface area contributed by atoms with Gasteiger partial charge in [0.05, 0.1) is 19.1 Å². The average molecular weight is 351 g/mol. The molecule has 0 fully saturated rings. The third-order valence-electron chi connectivity index (χ3n) is 4.47. The van der Waals surface area contributed by atoms with E-state index in [1.54, 1.807) is 0 Å². The van der Waals surface area contributed by atoms with Gasteiger partial charge < -0.3 is 20.3 Å². The summed E-state index contributed by atoms with van der Waals surface area (Å²) in [5.74, 6) is 0.850. The molecule has 0 aliphatic carbocycles. The fourth-order valence-corrected chi connectivity index (χ4v) is 3.06. The first-order chi connectivity index (χ1) is 12.0. The minimum atomic E-state index is -0.785. The normalized spacial score (nSPS) is 13.3. The lowest BCUT2D eigenvalue weighted by atomic mass is 9.88. The molecular weight excluding hydrogens is 318 g/mol. The molecule has 0 radical (unpaired) electrons. The summed E-state index contributed by atoms with van der Waals surface area (Å²) in [7, 11) is 0. The second-order valence-electron chi connectivity index (χ2n) is 6.35. The molecular formula is C20H33NO4. The number of nitrogens with two attached hydrogens (primary N) is 1. The summed E-state index contributed by atoms with van der Waals surface area (Å²) >= 11 is 0. The summed E-state index contributed by atoms with van der Waals surface area (Å²) in [4.78, 5) is 11.2. The zero-order chi connectivity index (χ0) is 18.7. The van der Waals surface area contributed by atoms with Gasteiger partial charge in [-0.2, -0.15) is 0 Å². The van der Waals surface area contributed by atoms with Crippen molar-refractivity contribution in [2.45, 2.75) is 52.9 Å². The average Bonchev–Trinajstić information content (AvgIpc) is 2.58. The van der Waals surface area contributed by atoms with Crippen LogP contribution in [0.25, 0.3) is 0 Å². The molecule has 1 rings (SSSR count). The van der Waals surface area contributed by atoms with Crippen molar-refractivity contribution in [2.24, 2.45) is 17.6 Å². The lowest BCUT2D eigenvalue weighted by molar-refractivity contribution is -0.142. The molecule has 5 nitrogen and oxygen atoms in total. The number of aliphatic carboxylic acids is 1. The maximum absolute atomic E-state index is 11.2. The molecule has 1 aromatic carbocycles. The summed E-state index contributed by atoms with van der Waals surface area (Å²) in [6, 6.07) is 6.05. The fourth-order valence-electron chi connectivity index (χ4n) is 3.06. The minimum absolute atomic E-state index is 0.208. The first-order valence-corrected chi connectivity index (χ1v) is 9.36. The number of aryl methyl sites for hydroxylation is 1. The van der Waals surface area contributed by atoms with Crippen molar-refractivity contribution in [2.75, 3.05) is 19.8 Å². The lowest BCUT2D eigenvalue weighted by Gasteiger charge is -2.19. The second-order valence-corrected chi connectivity index (χ2v) is 6.35. The Hall–Kier alpha value is -1.75. The standard InChI is InChI=1S/C20H33NO4/c1-4-15(10-17(14-21)20(22)23)8-7-9-16-11-18(24-5-2)13-19(12-16)25-6-3/h11-13,15,17H,4-10,14,21H2,1-3H3,(H,22,23). The van der Waals surface area contributed by atoms with E-state index in [0.29, 0.717) is 25.6 Å². The van der Waals surface area contributed by atoms with Gasteiger partial charge in [-0.05, 0) is 56.7 Å². The number of hydrogen-bond acceptors (Lipinski definition) is 4. The van der Waals surface area contributed by atoms with Crippen LogP contribution in [0.2, 0.25) is 0 Å². The van der Waals surface area contributed by atoms with Crippen molar-refractivity contribution in [3.05, 3.63) is 23.8 Å². The topological polar surface area (TPSA) is 81.8 Å². The van der Waals surface area contributed by atoms with Crippen molar-refractivity contribution >= 4 is 5.97 Å². The van der Waals surface area contributed by atoms with Gasteiger partial charge in [0.2, 0.25) is 0 Å². The molecule has 0 spiro atoms. The Kier molecular flexibility index (Phi) is 10.0. The van der Waals surface area contributed by atoms with Gasteiger partial charge >= 0.3 is 5.97 Å². The van der Waals surface area contributed by atoms with E-state index >= 15 is 0 Å². The number of ether oxygens (including phenoxy) is 2. The summed E-state index contributed by atoms with van der Waals surface area (Å²) < 4.78 is 11.2. The van der Waals surface area contributed by atoms with Gasteiger partial charge in [-0.25, -0.2) is 0 Å². The van der Waals surface area contributed by atoms with Crippen LogP contribution in [-0.4, -0.2) is 30.8 Å². The van der Waals surface area contributed by atoms with Crippen LogP contribution in [0.15, 0.2) is 18.2 Å². The van der Waals surface area contributed by atoms with Crippen molar-refractivity contribution in [3.8, 4) is 11.5 Å². The van der Waals surface area contributed by atoms with E-state index < -0.39 is 11.9 Å². The van der Waals surface area contributed by atoms with Gasteiger partial charge in [0.25, 0.3) is 0 Å². The largest absolute Gasteiger partial charge is 0.494 e. The number of rotatable bonds is 13. The molecule has 3 N–H and O–H groups in total. The van der Waals surface area contributed by atoms with E-state index in [2.05, 4.69) is 19.1 Å². The predicted molar refractivity (Wildman–Crippen MR) is 100 cm³/mol. The van der Waals surface area contributed by atoms with Crippen LogP contribution >= 0.6 is 0 Å². The Labute approximate surface area is 151 Å².